The van der Waals surface area contributed by atoms with Crippen molar-refractivity contribution >= 4 is 57.0 Å². The number of anilines is 2. The summed E-state index contributed by atoms with van der Waals surface area (Å²) >= 11 is 0. The molecule has 8 nitrogen and oxygen atoms in total. The second kappa shape index (κ2) is 22.9. The Morgan fingerprint density at radius 2 is 1.27 bits per heavy atom. The Kier molecular flexibility index (Phi) is 17.3. The second-order valence-corrected chi connectivity index (χ2v) is 19.8. The van der Waals surface area contributed by atoms with E-state index in [0.717, 1.165) is 75.7 Å². The van der Waals surface area contributed by atoms with Crippen molar-refractivity contribution in [3.8, 4) is 0 Å². The van der Waals surface area contributed by atoms with Gasteiger partial charge < -0.3 is 19.1 Å². The Balaban J connectivity index is 0.00000804. The van der Waals surface area contributed by atoms with Gasteiger partial charge in [0, 0.05) is 47.6 Å². The third-order valence-corrected chi connectivity index (χ3v) is 14.2. The van der Waals surface area contributed by atoms with Crippen LogP contribution in [0.4, 0.5) is 17.1 Å². The van der Waals surface area contributed by atoms with Crippen molar-refractivity contribution in [3.63, 3.8) is 0 Å². The van der Waals surface area contributed by atoms with E-state index in [1.165, 1.54) is 44.8 Å². The molecule has 1 fully saturated rings. The summed E-state index contributed by atoms with van der Waals surface area (Å²) in [4.78, 5) is 40.5. The van der Waals surface area contributed by atoms with Crippen molar-refractivity contribution in [2.24, 2.45) is 5.41 Å². The molecule has 2 aliphatic carbocycles. The summed E-state index contributed by atoms with van der Waals surface area (Å²) in [5, 5.41) is 2.27. The minimum Gasteiger partial charge on any atom is -0.462 e. The van der Waals surface area contributed by atoms with Crippen molar-refractivity contribution in [2.75, 3.05) is 32.2 Å². The van der Waals surface area contributed by atoms with Gasteiger partial charge in [0.05, 0.1) is 18.3 Å². The number of ether oxygens (including phenoxy) is 3. The van der Waals surface area contributed by atoms with Gasteiger partial charge in [-0.2, -0.15) is 4.58 Å². The van der Waals surface area contributed by atoms with Crippen LogP contribution in [0.1, 0.15) is 129 Å². The molecule has 0 bridgehead atoms. The van der Waals surface area contributed by atoms with Crippen LogP contribution in [0.3, 0.4) is 0 Å². The first kappa shape index (κ1) is 52.8. The summed E-state index contributed by atoms with van der Waals surface area (Å²) in [6.07, 6.45) is 12.7. The van der Waals surface area contributed by atoms with E-state index >= 15 is 0 Å². The monoisotopic (exact) mass is 944 g/mol. The highest BCUT2D eigenvalue weighted by molar-refractivity contribution is 6.06. The zero-order valence-electron chi connectivity index (χ0n) is 42.8. The van der Waals surface area contributed by atoms with E-state index < -0.39 is 17.4 Å². The van der Waals surface area contributed by atoms with Crippen LogP contribution in [0.25, 0.3) is 16.3 Å². The minimum atomic E-state index is -0.599. The SMILES string of the molecule is C.CCC(C)(C)C(=O)OCCOC(=O)CCC(=O)OC1CCCCC1c1ccc(C(=C2C=CC(=[N+](C)c3c(C)cc(C)cc3C)C=C2)c2ccc(N(C)c3c(C)cc(C)cc3C)cc2)c2ccccc12. The van der Waals surface area contributed by atoms with Gasteiger partial charge in [-0.05, 0) is 167 Å². The van der Waals surface area contributed by atoms with Crippen LogP contribution >= 0.6 is 0 Å². The maximum absolute atomic E-state index is 13.4. The van der Waals surface area contributed by atoms with E-state index in [1.807, 2.05) is 20.8 Å². The minimum absolute atomic E-state index is 0. The highest BCUT2D eigenvalue weighted by Gasteiger charge is 2.32. The van der Waals surface area contributed by atoms with Crippen LogP contribution in [0.5, 0.6) is 0 Å². The summed E-state index contributed by atoms with van der Waals surface area (Å²) < 4.78 is 19.1. The second-order valence-electron chi connectivity index (χ2n) is 19.8. The van der Waals surface area contributed by atoms with E-state index in [2.05, 4.69) is 174 Å². The molecule has 7 rings (SSSR count). The van der Waals surface area contributed by atoms with Gasteiger partial charge in [-0.1, -0.05) is 92.6 Å². The molecule has 2 unspecified atom stereocenters. The number of hydrogen-bond donors (Lipinski definition) is 0. The first-order valence-electron chi connectivity index (χ1n) is 24.7. The van der Waals surface area contributed by atoms with Crippen molar-refractivity contribution in [1.29, 1.82) is 0 Å². The molecule has 2 atom stereocenters. The molecule has 0 aliphatic heterocycles. The molecule has 0 amide bonds. The smallest absolute Gasteiger partial charge is 0.311 e. The molecule has 1 saturated carbocycles. The number of fused-ring (bicyclic) bond motifs is 1. The summed E-state index contributed by atoms with van der Waals surface area (Å²) in [5.74, 6) is -1.28. The summed E-state index contributed by atoms with van der Waals surface area (Å²) in [5.41, 5.74) is 17.2. The van der Waals surface area contributed by atoms with Crippen LogP contribution in [0.15, 0.2) is 115 Å². The van der Waals surface area contributed by atoms with E-state index in [9.17, 15) is 14.4 Å². The van der Waals surface area contributed by atoms with Gasteiger partial charge in [0.15, 0.2) is 0 Å². The van der Waals surface area contributed by atoms with Crippen LogP contribution < -0.4 is 4.90 Å². The van der Waals surface area contributed by atoms with E-state index in [4.69, 9.17) is 14.2 Å². The lowest BCUT2D eigenvalue weighted by Gasteiger charge is -2.32. The molecule has 0 N–H and O–H groups in total. The van der Waals surface area contributed by atoms with Gasteiger partial charge in [0.25, 0.3) is 0 Å². The Bertz CT molecular complexity index is 2810. The lowest BCUT2D eigenvalue weighted by Crippen LogP contribution is -2.29. The van der Waals surface area contributed by atoms with E-state index in [0.29, 0.717) is 6.42 Å². The molecule has 8 heteroatoms. The lowest BCUT2D eigenvalue weighted by atomic mass is 9.78. The fourth-order valence-corrected chi connectivity index (χ4v) is 10.4. The normalized spacial score (nSPS) is 15.6. The van der Waals surface area contributed by atoms with Crippen LogP contribution in [0.2, 0.25) is 0 Å². The predicted octanol–water partition coefficient (Wildman–Crippen LogP) is 14.3. The molecule has 0 heterocycles. The van der Waals surface area contributed by atoms with Gasteiger partial charge in [-0.3, -0.25) is 14.4 Å². The highest BCUT2D eigenvalue weighted by atomic mass is 16.6. The van der Waals surface area contributed by atoms with Gasteiger partial charge in [-0.15, -0.1) is 0 Å². The lowest BCUT2D eigenvalue weighted by molar-refractivity contribution is -0.404. The predicted molar refractivity (Wildman–Crippen MR) is 288 cm³/mol. The highest BCUT2D eigenvalue weighted by Crippen LogP contribution is 2.43. The molecule has 0 radical (unpaired) electrons. The maximum Gasteiger partial charge on any atom is 0.311 e. The number of allylic oxidation sites excluding steroid dienone is 5. The molecule has 0 aromatic heterocycles. The Hall–Kier alpha value is -6.54. The molecule has 2 aliphatic rings. The number of esters is 3. The molecule has 5 aromatic carbocycles. The van der Waals surface area contributed by atoms with Crippen LogP contribution in [-0.2, 0) is 28.6 Å². The molecule has 0 spiro atoms. The Morgan fingerprint density at radius 3 is 1.90 bits per heavy atom. The first-order valence-corrected chi connectivity index (χ1v) is 24.7. The third-order valence-electron chi connectivity index (χ3n) is 14.2. The Morgan fingerprint density at radius 1 is 0.700 bits per heavy atom. The standard InChI is InChI=1S/C61H71N2O6.CH4/c1-12-61(8,9)60(66)68-34-33-67-55(64)31-32-56(65)69-54-20-16-15-19-52(54)51-29-30-53(50-18-14-13-17-49(50)51)57(45-21-25-47(26-22-45)62(10)58-41(4)35-39(2)36-42(58)5)46-23-27-48(28-24-46)63(11)59-43(6)37-40(3)38-44(59)7;/h13-14,17-18,21-30,35-38,52,54H,12,15-16,19-20,31-34H2,1-11H3;1H4/q+1;. The molecular formula is C62H75N2O6+. The van der Waals surface area contributed by atoms with Crippen molar-refractivity contribution in [3.05, 3.63) is 165 Å². The number of nitrogens with zero attached hydrogens (tertiary/aromatic N) is 2. The third kappa shape index (κ3) is 11.9. The summed E-state index contributed by atoms with van der Waals surface area (Å²) in [6, 6.07) is 31.0. The quantitative estimate of drug-likeness (QED) is 0.0447. The zero-order valence-corrected chi connectivity index (χ0v) is 42.8. The summed E-state index contributed by atoms with van der Waals surface area (Å²) in [7, 11) is 4.29. The number of benzene rings is 5. The number of aryl methyl sites for hydroxylation is 6. The molecule has 0 saturated heterocycles. The van der Waals surface area contributed by atoms with E-state index in [-0.39, 0.29) is 51.5 Å². The summed E-state index contributed by atoms with van der Waals surface area (Å²) in [6.45, 7) is 18.5. The van der Waals surface area contributed by atoms with Gasteiger partial charge in [0.2, 0.25) is 11.4 Å². The van der Waals surface area contributed by atoms with Crippen molar-refractivity contribution in [2.45, 2.75) is 127 Å². The number of hydrogen-bond acceptors (Lipinski definition) is 7. The Labute approximate surface area is 417 Å². The van der Waals surface area contributed by atoms with Crippen LogP contribution in [0, 0.1) is 47.0 Å². The topological polar surface area (TPSA) is 85.2 Å². The van der Waals surface area contributed by atoms with Gasteiger partial charge in [0.1, 0.15) is 26.4 Å². The molecular weight excluding hydrogens is 869 g/mol. The van der Waals surface area contributed by atoms with Gasteiger partial charge >= 0.3 is 17.9 Å². The molecule has 368 valence electrons. The fraction of sp³-hybridized carbons (Fsp3) is 0.387. The average molecular weight is 944 g/mol. The number of carbonyl (C=O) groups excluding carboxylic acids is 3. The van der Waals surface area contributed by atoms with Crippen molar-refractivity contribution in [1.82, 2.24) is 0 Å². The molecule has 5 aromatic rings. The van der Waals surface area contributed by atoms with Gasteiger partial charge in [-0.25, -0.2) is 0 Å². The van der Waals surface area contributed by atoms with E-state index in [1.54, 1.807) is 0 Å². The zero-order chi connectivity index (χ0) is 49.6. The largest absolute Gasteiger partial charge is 0.462 e. The number of carbonyl (C=O) groups is 3. The molecule has 70 heavy (non-hydrogen) atoms. The first-order chi connectivity index (χ1) is 33.0. The fourth-order valence-electron chi connectivity index (χ4n) is 10.4. The average Bonchev–Trinajstić information content (AvgIpc) is 3.32. The van der Waals surface area contributed by atoms with Crippen molar-refractivity contribution < 1.29 is 33.2 Å². The number of rotatable bonds is 15. The maximum atomic E-state index is 13.4. The van der Waals surface area contributed by atoms with Crippen LogP contribution in [-0.4, -0.2) is 61.6 Å².